The molecule has 0 spiro atoms. The highest BCUT2D eigenvalue weighted by molar-refractivity contribution is 5.82. The van der Waals surface area contributed by atoms with Crippen molar-refractivity contribution in [1.82, 2.24) is 15.1 Å². The van der Waals surface area contributed by atoms with Gasteiger partial charge in [0.2, 0.25) is 5.91 Å². The van der Waals surface area contributed by atoms with Crippen molar-refractivity contribution in [3.8, 4) is 11.1 Å². The zero-order valence-electron chi connectivity index (χ0n) is 19.9. The lowest BCUT2D eigenvalue weighted by molar-refractivity contribution is -0.148. The molecule has 1 saturated heterocycles. The van der Waals surface area contributed by atoms with Gasteiger partial charge in [0.1, 0.15) is 12.6 Å². The van der Waals surface area contributed by atoms with Crippen LogP contribution in [-0.4, -0.2) is 78.2 Å². The van der Waals surface area contributed by atoms with E-state index in [4.69, 9.17) is 4.74 Å². The molecule has 2 aromatic rings. The van der Waals surface area contributed by atoms with E-state index in [1.54, 1.807) is 16.8 Å². The first-order valence-corrected chi connectivity index (χ1v) is 12.3. The Balaban J connectivity index is 1.14. The molecule has 35 heavy (non-hydrogen) atoms. The number of hydrogen-bond donors (Lipinski definition) is 2. The average Bonchev–Trinajstić information content (AvgIpc) is 3.45. The Labute approximate surface area is 204 Å². The fourth-order valence-corrected chi connectivity index (χ4v) is 5.74. The molecule has 2 aromatic carbocycles. The van der Waals surface area contributed by atoms with Crippen LogP contribution in [0.3, 0.4) is 0 Å². The van der Waals surface area contributed by atoms with Crippen LogP contribution in [0, 0.1) is 5.92 Å². The molecule has 3 aliphatic rings. The summed E-state index contributed by atoms with van der Waals surface area (Å²) in [6, 6.07) is 15.6. The molecule has 1 heterocycles. The van der Waals surface area contributed by atoms with Gasteiger partial charge in [0.25, 0.3) is 0 Å². The van der Waals surface area contributed by atoms with Crippen molar-refractivity contribution < 1.29 is 24.2 Å². The highest BCUT2D eigenvalue weighted by Gasteiger charge is 2.38. The van der Waals surface area contributed by atoms with Gasteiger partial charge in [-0.3, -0.25) is 14.5 Å². The van der Waals surface area contributed by atoms with Crippen molar-refractivity contribution in [2.45, 2.75) is 37.3 Å². The van der Waals surface area contributed by atoms with Crippen molar-refractivity contribution in [2.75, 3.05) is 33.3 Å². The molecular formula is C27H31N3O5. The Kier molecular flexibility index (Phi) is 6.47. The zero-order valence-corrected chi connectivity index (χ0v) is 19.9. The summed E-state index contributed by atoms with van der Waals surface area (Å²) in [6.45, 7) is 1.52. The minimum Gasteiger partial charge on any atom is -0.480 e. The van der Waals surface area contributed by atoms with E-state index in [0.717, 1.165) is 0 Å². The number of ether oxygens (including phenoxy) is 1. The number of nitrogens with one attached hydrogen (secondary N) is 1. The van der Waals surface area contributed by atoms with E-state index in [1.165, 1.54) is 22.3 Å². The van der Waals surface area contributed by atoms with Crippen LogP contribution >= 0.6 is 0 Å². The van der Waals surface area contributed by atoms with Gasteiger partial charge < -0.3 is 20.1 Å². The van der Waals surface area contributed by atoms with E-state index >= 15 is 0 Å². The summed E-state index contributed by atoms with van der Waals surface area (Å²) in [4.78, 5) is 40.5. The van der Waals surface area contributed by atoms with Gasteiger partial charge in [-0.2, -0.15) is 0 Å². The van der Waals surface area contributed by atoms with E-state index in [-0.39, 0.29) is 36.9 Å². The lowest BCUT2D eigenvalue weighted by Crippen LogP contribution is -2.57. The van der Waals surface area contributed by atoms with E-state index in [9.17, 15) is 19.5 Å². The number of likely N-dealkylation sites (N-methyl/N-ethyl adjacent to an activating group) is 1. The number of carbonyl (C=O) groups is 3. The van der Waals surface area contributed by atoms with Crippen molar-refractivity contribution in [3.63, 3.8) is 0 Å². The first-order valence-electron chi connectivity index (χ1n) is 12.3. The van der Waals surface area contributed by atoms with Gasteiger partial charge in [-0.1, -0.05) is 48.5 Å². The van der Waals surface area contributed by atoms with Gasteiger partial charge in [-0.05, 0) is 48.6 Å². The molecule has 2 amide bonds. The number of hydrogen-bond acceptors (Lipinski definition) is 5. The largest absolute Gasteiger partial charge is 0.480 e. The number of carbonyl (C=O) groups excluding carboxylic acids is 2. The quantitative estimate of drug-likeness (QED) is 0.687. The summed E-state index contributed by atoms with van der Waals surface area (Å²) in [7, 11) is 1.77. The van der Waals surface area contributed by atoms with E-state index in [1.807, 2.05) is 24.3 Å². The van der Waals surface area contributed by atoms with Crippen molar-refractivity contribution in [2.24, 2.45) is 5.92 Å². The lowest BCUT2D eigenvalue weighted by atomic mass is 9.98. The Morgan fingerprint density at radius 3 is 2.31 bits per heavy atom. The van der Waals surface area contributed by atoms with Crippen LogP contribution in [0.15, 0.2) is 48.5 Å². The van der Waals surface area contributed by atoms with Crippen LogP contribution in [0.2, 0.25) is 0 Å². The standard InChI is InChI=1S/C27H31N3O5/c1-29-12-13-30(15-24(29)26(32)33)25(31)17-10-11-18(14-17)28-27(34)35-16-23-21-8-4-2-6-19(21)20-7-3-5-9-22(20)23/h2-9,17-18,23-24H,10-16H2,1H3,(H,28,34)(H,32,33)/t17-,18+,24?/m0/s1. The van der Waals surface area contributed by atoms with Crippen LogP contribution in [0.5, 0.6) is 0 Å². The fourth-order valence-electron chi connectivity index (χ4n) is 5.74. The number of alkyl carbamates (subject to hydrolysis) is 1. The number of carboxylic acids is 1. The molecule has 5 rings (SSSR count). The summed E-state index contributed by atoms with van der Waals surface area (Å²) in [5.41, 5.74) is 4.70. The van der Waals surface area contributed by atoms with Crippen molar-refractivity contribution in [3.05, 3.63) is 59.7 Å². The van der Waals surface area contributed by atoms with Gasteiger partial charge in [0.05, 0.1) is 0 Å². The summed E-state index contributed by atoms with van der Waals surface area (Å²) in [5.74, 6) is -1.12. The van der Waals surface area contributed by atoms with Gasteiger partial charge >= 0.3 is 12.1 Å². The molecule has 1 saturated carbocycles. The van der Waals surface area contributed by atoms with Crippen LogP contribution in [0.1, 0.15) is 36.3 Å². The van der Waals surface area contributed by atoms with E-state index in [2.05, 4.69) is 29.6 Å². The summed E-state index contributed by atoms with van der Waals surface area (Å²) >= 11 is 0. The molecule has 1 aliphatic heterocycles. The molecule has 184 valence electrons. The third-order valence-corrected chi connectivity index (χ3v) is 7.69. The first-order chi connectivity index (χ1) is 16.9. The lowest BCUT2D eigenvalue weighted by Gasteiger charge is -2.38. The Morgan fingerprint density at radius 2 is 1.66 bits per heavy atom. The van der Waals surface area contributed by atoms with Gasteiger partial charge in [-0.15, -0.1) is 0 Å². The molecule has 2 aliphatic carbocycles. The third kappa shape index (κ3) is 4.62. The second-order valence-corrected chi connectivity index (χ2v) is 9.80. The number of rotatable bonds is 5. The molecule has 0 bridgehead atoms. The van der Waals surface area contributed by atoms with Crippen LogP contribution < -0.4 is 5.32 Å². The predicted molar refractivity (Wildman–Crippen MR) is 130 cm³/mol. The van der Waals surface area contributed by atoms with E-state index < -0.39 is 18.1 Å². The number of nitrogens with zero attached hydrogens (tertiary/aromatic N) is 2. The van der Waals surface area contributed by atoms with Gasteiger partial charge in [0, 0.05) is 37.5 Å². The molecular weight excluding hydrogens is 446 g/mol. The first kappa shape index (κ1) is 23.4. The second-order valence-electron chi connectivity index (χ2n) is 9.80. The third-order valence-electron chi connectivity index (χ3n) is 7.69. The molecule has 0 aromatic heterocycles. The van der Waals surface area contributed by atoms with Gasteiger partial charge in [0.15, 0.2) is 0 Å². The summed E-state index contributed by atoms with van der Waals surface area (Å²) in [5, 5.41) is 12.3. The molecule has 3 atom stereocenters. The zero-order chi connectivity index (χ0) is 24.5. The molecule has 2 N–H and O–H groups in total. The molecule has 1 unspecified atom stereocenters. The number of amides is 2. The average molecular weight is 478 g/mol. The fraction of sp³-hybridized carbons (Fsp3) is 0.444. The number of benzene rings is 2. The minimum absolute atomic E-state index is 0.00506. The van der Waals surface area contributed by atoms with Crippen molar-refractivity contribution in [1.29, 1.82) is 0 Å². The molecule has 2 fully saturated rings. The summed E-state index contributed by atoms with van der Waals surface area (Å²) in [6.07, 6.45) is 1.47. The smallest absolute Gasteiger partial charge is 0.407 e. The Hall–Kier alpha value is -3.39. The van der Waals surface area contributed by atoms with E-state index in [0.29, 0.717) is 32.4 Å². The predicted octanol–water partition coefficient (Wildman–Crippen LogP) is 2.92. The Morgan fingerprint density at radius 1 is 1.00 bits per heavy atom. The number of fused-ring (bicyclic) bond motifs is 3. The van der Waals surface area contributed by atoms with Gasteiger partial charge in [-0.25, -0.2) is 4.79 Å². The highest BCUT2D eigenvalue weighted by Crippen LogP contribution is 2.44. The molecule has 8 heteroatoms. The van der Waals surface area contributed by atoms with Crippen LogP contribution in [0.4, 0.5) is 4.79 Å². The normalized spacial score (nSPS) is 24.0. The molecule has 8 nitrogen and oxygen atoms in total. The van der Waals surface area contributed by atoms with Crippen LogP contribution in [-0.2, 0) is 14.3 Å². The maximum Gasteiger partial charge on any atom is 0.407 e. The second kappa shape index (κ2) is 9.70. The molecule has 0 radical (unpaired) electrons. The highest BCUT2D eigenvalue weighted by atomic mass is 16.5. The monoisotopic (exact) mass is 477 g/mol. The topological polar surface area (TPSA) is 99.2 Å². The number of carboxylic acid groups (broad SMARTS) is 1. The Bertz CT molecular complexity index is 1090. The minimum atomic E-state index is -0.911. The van der Waals surface area contributed by atoms with Crippen molar-refractivity contribution >= 4 is 18.0 Å². The maximum atomic E-state index is 13.0. The number of piperazine rings is 1. The summed E-state index contributed by atoms with van der Waals surface area (Å²) < 4.78 is 5.65. The number of aliphatic carboxylic acids is 1. The van der Waals surface area contributed by atoms with Crippen LogP contribution in [0.25, 0.3) is 11.1 Å². The SMILES string of the molecule is CN1CCN(C(=O)[C@H]2CC[C@@H](NC(=O)OCC3c4ccccc4-c4ccccc43)C2)CC1C(=O)O. The maximum absolute atomic E-state index is 13.0.